The fourth-order valence-electron chi connectivity index (χ4n) is 1.97. The zero-order valence-corrected chi connectivity index (χ0v) is 14.1. The number of sulfonamides is 1. The number of hydrogen-bond acceptors (Lipinski definition) is 4. The van der Waals surface area contributed by atoms with Gasteiger partial charge in [-0.1, -0.05) is 31.9 Å². The van der Waals surface area contributed by atoms with Gasteiger partial charge in [0.1, 0.15) is 6.04 Å². The first-order valence-electron chi connectivity index (χ1n) is 7.77. The third kappa shape index (κ3) is 5.44. The standard InChI is InChI=1S/C15H26N2O4S/c1-3-4-5-6-7-8-9-13(16-12-18)14(19)17-22(20,21)15(2)10-11-15/h7-8,12-13H,3-6,9-11H2,1-2H3,(H,16,18)(H,17,19)/b8-7-. The Hall–Kier alpha value is -1.37. The van der Waals surface area contributed by atoms with Gasteiger partial charge in [-0.15, -0.1) is 0 Å². The lowest BCUT2D eigenvalue weighted by Gasteiger charge is -2.17. The van der Waals surface area contributed by atoms with Crippen LogP contribution < -0.4 is 10.0 Å². The normalized spacial score (nSPS) is 17.9. The van der Waals surface area contributed by atoms with Crippen molar-refractivity contribution in [1.29, 1.82) is 0 Å². The van der Waals surface area contributed by atoms with Crippen molar-refractivity contribution in [3.8, 4) is 0 Å². The molecule has 7 heteroatoms. The van der Waals surface area contributed by atoms with Gasteiger partial charge in [-0.3, -0.25) is 14.3 Å². The fraction of sp³-hybridized carbons (Fsp3) is 0.733. The Bertz CT molecular complexity index is 510. The van der Waals surface area contributed by atoms with Gasteiger partial charge in [-0.2, -0.15) is 0 Å². The maximum absolute atomic E-state index is 12.0. The third-order valence-corrected chi connectivity index (χ3v) is 6.11. The molecule has 126 valence electrons. The summed E-state index contributed by atoms with van der Waals surface area (Å²) in [7, 11) is -3.67. The molecule has 2 N–H and O–H groups in total. The zero-order chi connectivity index (χ0) is 16.6. The first-order chi connectivity index (χ1) is 10.4. The average molecular weight is 330 g/mol. The van der Waals surface area contributed by atoms with Crippen LogP contribution in [0.2, 0.25) is 0 Å². The van der Waals surface area contributed by atoms with Crippen molar-refractivity contribution in [3.05, 3.63) is 12.2 Å². The van der Waals surface area contributed by atoms with Crippen LogP contribution in [0.3, 0.4) is 0 Å². The second kappa shape index (κ2) is 8.31. The number of carbonyl (C=O) groups excluding carboxylic acids is 2. The molecule has 1 aliphatic rings. The minimum absolute atomic E-state index is 0.281. The highest BCUT2D eigenvalue weighted by atomic mass is 32.2. The summed E-state index contributed by atoms with van der Waals surface area (Å²) in [6.45, 7) is 3.73. The lowest BCUT2D eigenvalue weighted by atomic mass is 10.1. The van der Waals surface area contributed by atoms with Gasteiger partial charge in [0.25, 0.3) is 5.91 Å². The van der Waals surface area contributed by atoms with Crippen molar-refractivity contribution in [2.45, 2.75) is 69.6 Å². The largest absolute Gasteiger partial charge is 0.347 e. The van der Waals surface area contributed by atoms with Crippen LogP contribution in [0.1, 0.15) is 58.8 Å². The highest BCUT2D eigenvalue weighted by Gasteiger charge is 2.51. The quantitative estimate of drug-likeness (QED) is 0.342. The highest BCUT2D eigenvalue weighted by molar-refractivity contribution is 7.91. The molecule has 1 fully saturated rings. The molecular formula is C15H26N2O4S. The van der Waals surface area contributed by atoms with Crippen molar-refractivity contribution >= 4 is 22.3 Å². The van der Waals surface area contributed by atoms with E-state index in [-0.39, 0.29) is 6.42 Å². The topological polar surface area (TPSA) is 92.3 Å². The van der Waals surface area contributed by atoms with Crippen LogP contribution in [-0.2, 0) is 19.6 Å². The van der Waals surface area contributed by atoms with Gasteiger partial charge in [0.15, 0.2) is 0 Å². The molecule has 0 radical (unpaired) electrons. The Balaban J connectivity index is 2.51. The number of allylic oxidation sites excluding steroid dienone is 1. The molecule has 2 amide bonds. The van der Waals surface area contributed by atoms with Crippen molar-refractivity contribution in [2.24, 2.45) is 0 Å². The molecule has 0 heterocycles. The van der Waals surface area contributed by atoms with E-state index in [0.29, 0.717) is 19.3 Å². The molecule has 0 aromatic carbocycles. The van der Waals surface area contributed by atoms with Crippen LogP contribution in [0.4, 0.5) is 0 Å². The molecular weight excluding hydrogens is 304 g/mol. The first kappa shape index (κ1) is 18.7. The van der Waals surface area contributed by atoms with Gasteiger partial charge in [0.2, 0.25) is 16.4 Å². The van der Waals surface area contributed by atoms with Gasteiger partial charge >= 0.3 is 0 Å². The molecule has 0 spiro atoms. The Morgan fingerprint density at radius 2 is 1.95 bits per heavy atom. The maximum atomic E-state index is 12.0. The van der Waals surface area contributed by atoms with Crippen molar-refractivity contribution in [1.82, 2.24) is 10.0 Å². The van der Waals surface area contributed by atoms with Crippen molar-refractivity contribution in [2.75, 3.05) is 0 Å². The molecule has 0 aliphatic heterocycles. The maximum Gasteiger partial charge on any atom is 0.256 e. The number of unbranched alkanes of at least 4 members (excludes halogenated alkanes) is 3. The molecule has 6 nitrogen and oxygen atoms in total. The average Bonchev–Trinajstić information content (AvgIpc) is 3.20. The lowest BCUT2D eigenvalue weighted by molar-refractivity contribution is -0.123. The SMILES string of the molecule is CCCCC/C=C\CC(NC=O)C(=O)NS(=O)(=O)C1(C)CC1. The van der Waals surface area contributed by atoms with Gasteiger partial charge in [0, 0.05) is 0 Å². The number of nitrogens with one attached hydrogen (secondary N) is 2. The van der Waals surface area contributed by atoms with Gasteiger partial charge in [0.05, 0.1) is 4.75 Å². The third-order valence-electron chi connectivity index (χ3n) is 3.94. The fourth-order valence-corrected chi connectivity index (χ4v) is 3.26. The summed E-state index contributed by atoms with van der Waals surface area (Å²) < 4.78 is 25.3. The lowest BCUT2D eigenvalue weighted by Crippen LogP contribution is -2.48. The Kier molecular flexibility index (Phi) is 7.06. The Labute approximate surface area is 132 Å². The van der Waals surface area contributed by atoms with E-state index in [2.05, 4.69) is 17.0 Å². The number of carbonyl (C=O) groups is 2. The van der Waals surface area contributed by atoms with Crippen LogP contribution >= 0.6 is 0 Å². The second-order valence-electron chi connectivity index (χ2n) is 5.96. The van der Waals surface area contributed by atoms with E-state index in [4.69, 9.17) is 0 Å². The van der Waals surface area contributed by atoms with Crippen LogP contribution in [0.5, 0.6) is 0 Å². The molecule has 0 bridgehead atoms. The molecule has 0 aromatic heterocycles. The summed E-state index contributed by atoms with van der Waals surface area (Å²) in [5.74, 6) is -0.682. The molecule has 22 heavy (non-hydrogen) atoms. The van der Waals surface area contributed by atoms with Crippen LogP contribution in [0.25, 0.3) is 0 Å². The smallest absolute Gasteiger partial charge is 0.256 e. The van der Waals surface area contributed by atoms with E-state index in [0.717, 1.165) is 25.7 Å². The molecule has 1 rings (SSSR count). The van der Waals surface area contributed by atoms with E-state index in [1.54, 1.807) is 6.92 Å². The van der Waals surface area contributed by atoms with E-state index in [1.165, 1.54) is 0 Å². The molecule has 0 aromatic rings. The van der Waals surface area contributed by atoms with Crippen LogP contribution in [0.15, 0.2) is 12.2 Å². The van der Waals surface area contributed by atoms with Crippen LogP contribution in [-0.4, -0.2) is 31.5 Å². The zero-order valence-electron chi connectivity index (χ0n) is 13.3. The molecule has 1 aliphatic carbocycles. The second-order valence-corrected chi connectivity index (χ2v) is 8.16. The molecule has 1 atom stereocenters. The van der Waals surface area contributed by atoms with Gasteiger partial charge < -0.3 is 5.32 Å². The first-order valence-corrected chi connectivity index (χ1v) is 9.25. The summed E-state index contributed by atoms with van der Waals surface area (Å²) in [6.07, 6.45) is 9.86. The Morgan fingerprint density at radius 3 is 2.50 bits per heavy atom. The summed E-state index contributed by atoms with van der Waals surface area (Å²) >= 11 is 0. The highest BCUT2D eigenvalue weighted by Crippen LogP contribution is 2.42. The van der Waals surface area contributed by atoms with Crippen molar-refractivity contribution in [3.63, 3.8) is 0 Å². The predicted molar refractivity (Wildman–Crippen MR) is 85.6 cm³/mol. The van der Waals surface area contributed by atoms with Crippen molar-refractivity contribution < 1.29 is 18.0 Å². The number of rotatable bonds is 11. The summed E-state index contributed by atoms with van der Waals surface area (Å²) in [6, 6.07) is -0.864. The summed E-state index contributed by atoms with van der Waals surface area (Å²) in [4.78, 5) is 22.6. The van der Waals surface area contributed by atoms with E-state index < -0.39 is 26.7 Å². The molecule has 1 saturated carbocycles. The number of amides is 2. The van der Waals surface area contributed by atoms with Gasteiger partial charge in [-0.05, 0) is 39.0 Å². The minimum Gasteiger partial charge on any atom is -0.347 e. The Morgan fingerprint density at radius 1 is 1.27 bits per heavy atom. The molecule has 1 unspecified atom stereocenters. The monoisotopic (exact) mass is 330 g/mol. The summed E-state index contributed by atoms with van der Waals surface area (Å²) in [5.41, 5.74) is 0. The summed E-state index contributed by atoms with van der Waals surface area (Å²) in [5, 5.41) is 2.37. The molecule has 0 saturated heterocycles. The minimum atomic E-state index is -3.67. The van der Waals surface area contributed by atoms with E-state index in [1.807, 2.05) is 12.2 Å². The predicted octanol–water partition coefficient (Wildman–Crippen LogP) is 1.63. The van der Waals surface area contributed by atoms with Crippen LogP contribution in [0, 0.1) is 0 Å². The number of hydrogen-bond donors (Lipinski definition) is 2. The van der Waals surface area contributed by atoms with E-state index >= 15 is 0 Å². The van der Waals surface area contributed by atoms with Gasteiger partial charge in [-0.25, -0.2) is 8.42 Å². The van der Waals surface area contributed by atoms with E-state index in [9.17, 15) is 18.0 Å².